The molecule has 1 amide bonds. The molecule has 0 atom stereocenters. The van der Waals surface area contributed by atoms with Gasteiger partial charge in [-0.2, -0.15) is 0 Å². The average Bonchev–Trinajstić information content (AvgIpc) is 3.27. The zero-order chi connectivity index (χ0) is 21.2. The maximum Gasteiger partial charge on any atom is 0.290 e. The molecular formula is C21H18N6O3S. The van der Waals surface area contributed by atoms with Crippen molar-refractivity contribution in [3.05, 3.63) is 77.5 Å². The van der Waals surface area contributed by atoms with Crippen molar-refractivity contribution < 1.29 is 13.2 Å². The number of fused-ring (bicyclic) bond motifs is 2. The summed E-state index contributed by atoms with van der Waals surface area (Å²) in [4.78, 5) is 17.6. The lowest BCUT2D eigenvalue weighted by Gasteiger charge is -2.12. The van der Waals surface area contributed by atoms with Gasteiger partial charge in [0.05, 0.1) is 29.9 Å². The molecular weight excluding hydrogens is 416 g/mol. The summed E-state index contributed by atoms with van der Waals surface area (Å²) in [5.41, 5.74) is 3.52. The van der Waals surface area contributed by atoms with Gasteiger partial charge in [0, 0.05) is 12.4 Å². The van der Waals surface area contributed by atoms with Gasteiger partial charge in [-0.05, 0) is 42.0 Å². The number of hydrogen-bond donors (Lipinski definition) is 0. The first kappa shape index (κ1) is 18.3. The van der Waals surface area contributed by atoms with E-state index in [0.717, 1.165) is 15.6 Å². The zero-order valence-corrected chi connectivity index (χ0v) is 17.2. The van der Waals surface area contributed by atoms with Gasteiger partial charge in [-0.1, -0.05) is 29.5 Å². The third kappa shape index (κ3) is 3.02. The van der Waals surface area contributed by atoms with E-state index in [2.05, 4.69) is 27.6 Å². The third-order valence-corrected chi connectivity index (χ3v) is 7.56. The predicted molar refractivity (Wildman–Crippen MR) is 110 cm³/mol. The molecule has 1 aromatic carbocycles. The molecule has 6 rings (SSSR count). The van der Waals surface area contributed by atoms with Crippen LogP contribution in [0.15, 0.2) is 59.9 Å². The Balaban J connectivity index is 1.23. The number of imidazole rings is 1. The molecule has 1 aliphatic carbocycles. The first-order valence-corrected chi connectivity index (χ1v) is 11.5. The third-order valence-electron chi connectivity index (χ3n) is 5.74. The summed E-state index contributed by atoms with van der Waals surface area (Å²) in [6.07, 6.45) is 7.98. The Morgan fingerprint density at radius 1 is 1.06 bits per heavy atom. The van der Waals surface area contributed by atoms with Crippen molar-refractivity contribution >= 4 is 21.6 Å². The van der Waals surface area contributed by atoms with E-state index in [4.69, 9.17) is 0 Å². The van der Waals surface area contributed by atoms with Crippen molar-refractivity contribution in [1.29, 1.82) is 0 Å². The monoisotopic (exact) mass is 434 g/mol. The fourth-order valence-corrected chi connectivity index (χ4v) is 5.56. The van der Waals surface area contributed by atoms with Gasteiger partial charge in [-0.25, -0.2) is 22.4 Å². The number of hydrogen-bond acceptors (Lipinski definition) is 6. The number of benzene rings is 1. The van der Waals surface area contributed by atoms with Gasteiger partial charge in [0.2, 0.25) is 0 Å². The van der Waals surface area contributed by atoms with E-state index >= 15 is 0 Å². The number of nitrogens with zero attached hydrogens (tertiary/aromatic N) is 6. The quantitative estimate of drug-likeness (QED) is 0.488. The molecule has 4 aromatic rings. The molecule has 1 aliphatic heterocycles. The summed E-state index contributed by atoms with van der Waals surface area (Å²) >= 11 is 0. The molecule has 0 bridgehead atoms. The zero-order valence-electron chi connectivity index (χ0n) is 16.4. The van der Waals surface area contributed by atoms with E-state index in [-0.39, 0.29) is 17.1 Å². The molecule has 156 valence electrons. The van der Waals surface area contributed by atoms with Crippen LogP contribution in [0.5, 0.6) is 0 Å². The Hall–Kier alpha value is -3.53. The molecule has 0 radical (unpaired) electrons. The van der Waals surface area contributed by atoms with Gasteiger partial charge < -0.3 is 4.40 Å². The van der Waals surface area contributed by atoms with Crippen LogP contribution in [0.1, 0.15) is 46.1 Å². The molecule has 1 fully saturated rings. The van der Waals surface area contributed by atoms with Crippen LogP contribution in [0.2, 0.25) is 0 Å². The Labute approximate surface area is 178 Å². The van der Waals surface area contributed by atoms with E-state index < -0.39 is 15.9 Å². The highest BCUT2D eigenvalue weighted by Gasteiger charge is 2.39. The molecule has 10 heteroatoms. The predicted octanol–water partition coefficient (Wildman–Crippen LogP) is 2.20. The van der Waals surface area contributed by atoms with Crippen LogP contribution in [-0.4, -0.2) is 43.0 Å². The summed E-state index contributed by atoms with van der Waals surface area (Å²) < 4.78 is 29.8. The van der Waals surface area contributed by atoms with Crippen molar-refractivity contribution in [1.82, 2.24) is 28.7 Å². The standard InChI is InChI=1S/C21H18N6O3S/c28-21(27-10-16-3-1-2-4-19(16)31(27,29)30)18-13-26(24-23-18)12-17-11-25-9-15(14-5-6-14)7-8-20(25)22-17/h1-4,7-9,11,13-14H,5-6,10,12H2. The van der Waals surface area contributed by atoms with Crippen LogP contribution in [0.4, 0.5) is 0 Å². The van der Waals surface area contributed by atoms with E-state index in [9.17, 15) is 13.2 Å². The fraction of sp³-hybridized carbons (Fsp3) is 0.238. The highest BCUT2D eigenvalue weighted by Crippen LogP contribution is 2.39. The number of pyridine rings is 1. The first-order valence-electron chi connectivity index (χ1n) is 10.0. The SMILES string of the molecule is O=C(c1cn(Cc2cn3cc(C4CC4)ccc3n2)nn1)N1Cc2ccccc2S1(=O)=O. The first-order chi connectivity index (χ1) is 15.0. The molecule has 3 aromatic heterocycles. The Kier molecular flexibility index (Phi) is 3.82. The molecule has 4 heterocycles. The maximum absolute atomic E-state index is 12.9. The Morgan fingerprint density at radius 2 is 1.90 bits per heavy atom. The van der Waals surface area contributed by atoms with E-state index in [1.165, 1.54) is 35.4 Å². The average molecular weight is 434 g/mol. The molecule has 1 saturated carbocycles. The van der Waals surface area contributed by atoms with Gasteiger partial charge >= 0.3 is 0 Å². The van der Waals surface area contributed by atoms with Crippen molar-refractivity contribution in [3.8, 4) is 0 Å². The van der Waals surface area contributed by atoms with Crippen molar-refractivity contribution in [2.24, 2.45) is 0 Å². The van der Waals surface area contributed by atoms with Crippen LogP contribution < -0.4 is 0 Å². The number of rotatable bonds is 4. The molecule has 0 spiro atoms. The van der Waals surface area contributed by atoms with Crippen LogP contribution in [0, 0.1) is 0 Å². The van der Waals surface area contributed by atoms with Crippen molar-refractivity contribution in [3.63, 3.8) is 0 Å². The number of aromatic nitrogens is 5. The lowest BCUT2D eigenvalue weighted by atomic mass is 10.2. The van der Waals surface area contributed by atoms with Gasteiger partial charge in [-0.3, -0.25) is 4.79 Å². The highest BCUT2D eigenvalue weighted by molar-refractivity contribution is 7.90. The fourth-order valence-electron chi connectivity index (χ4n) is 3.99. The molecule has 0 saturated heterocycles. The summed E-state index contributed by atoms with van der Waals surface area (Å²) in [6, 6.07) is 10.7. The second kappa shape index (κ2) is 6.48. The van der Waals surface area contributed by atoms with E-state index in [0.29, 0.717) is 18.0 Å². The van der Waals surface area contributed by atoms with Gasteiger partial charge in [0.1, 0.15) is 5.65 Å². The normalized spacial score (nSPS) is 17.2. The Bertz CT molecular complexity index is 1450. The second-order valence-electron chi connectivity index (χ2n) is 7.96. The van der Waals surface area contributed by atoms with E-state index in [1.807, 2.05) is 16.7 Å². The lowest BCUT2D eigenvalue weighted by molar-refractivity contribution is 0.0854. The Morgan fingerprint density at radius 3 is 2.71 bits per heavy atom. The van der Waals surface area contributed by atoms with Crippen molar-refractivity contribution in [2.45, 2.75) is 36.7 Å². The molecule has 2 aliphatic rings. The highest BCUT2D eigenvalue weighted by atomic mass is 32.2. The largest absolute Gasteiger partial charge is 0.306 e. The minimum atomic E-state index is -3.88. The summed E-state index contributed by atoms with van der Waals surface area (Å²) in [7, 11) is -3.88. The summed E-state index contributed by atoms with van der Waals surface area (Å²) in [5, 5.41) is 7.91. The topological polar surface area (TPSA) is 102 Å². The van der Waals surface area contributed by atoms with Crippen LogP contribution in [0.25, 0.3) is 5.65 Å². The lowest BCUT2D eigenvalue weighted by Crippen LogP contribution is -2.31. The van der Waals surface area contributed by atoms with Crippen molar-refractivity contribution in [2.75, 3.05) is 0 Å². The molecule has 9 nitrogen and oxygen atoms in total. The van der Waals surface area contributed by atoms with Gasteiger partial charge in [0.15, 0.2) is 5.69 Å². The minimum absolute atomic E-state index is 0.0000368. The molecule has 31 heavy (non-hydrogen) atoms. The van der Waals surface area contributed by atoms with Gasteiger partial charge in [-0.15, -0.1) is 5.10 Å². The number of sulfonamides is 1. The number of carbonyl (C=O) groups is 1. The summed E-state index contributed by atoms with van der Waals surface area (Å²) in [5.74, 6) is -0.0290. The summed E-state index contributed by atoms with van der Waals surface area (Å²) in [6.45, 7) is 0.327. The number of carbonyl (C=O) groups excluding carboxylic acids is 1. The van der Waals surface area contributed by atoms with Crippen LogP contribution >= 0.6 is 0 Å². The van der Waals surface area contributed by atoms with Crippen LogP contribution in [0.3, 0.4) is 0 Å². The molecule has 0 N–H and O–H groups in total. The minimum Gasteiger partial charge on any atom is -0.306 e. The number of amides is 1. The second-order valence-corrected chi connectivity index (χ2v) is 9.79. The smallest absolute Gasteiger partial charge is 0.290 e. The van der Waals surface area contributed by atoms with E-state index in [1.54, 1.807) is 18.2 Å². The molecule has 0 unspecified atom stereocenters. The maximum atomic E-state index is 12.9. The van der Waals surface area contributed by atoms with Crippen LogP contribution in [-0.2, 0) is 23.1 Å². The van der Waals surface area contributed by atoms with Gasteiger partial charge in [0.25, 0.3) is 15.9 Å².